The summed E-state index contributed by atoms with van der Waals surface area (Å²) in [6, 6.07) is 0. The topological polar surface area (TPSA) is 24.4 Å². The van der Waals surface area contributed by atoms with Crippen molar-refractivity contribution in [2.45, 2.75) is 13.3 Å². The molecule has 0 saturated heterocycles. The molecule has 0 bridgehead atoms. The highest BCUT2D eigenvalue weighted by molar-refractivity contribution is 5.92. The third kappa shape index (κ3) is 3.76. The minimum absolute atomic E-state index is 0.928. The summed E-state index contributed by atoms with van der Waals surface area (Å²) in [4.78, 5) is 3.96. The van der Waals surface area contributed by atoms with Gasteiger partial charge in [-0.3, -0.25) is 4.99 Å². The molecule has 0 aromatic heterocycles. The summed E-state index contributed by atoms with van der Waals surface area (Å²) in [5.74, 6) is 0.928. The smallest absolute Gasteiger partial charge is 0.119 e. The molecule has 0 spiro atoms. The van der Waals surface area contributed by atoms with E-state index in [2.05, 4.69) is 23.3 Å². The second-order valence-electron chi connectivity index (χ2n) is 1.67. The van der Waals surface area contributed by atoms with Gasteiger partial charge in [0.05, 0.1) is 0 Å². The quantitative estimate of drug-likeness (QED) is 0.436. The van der Waals surface area contributed by atoms with Gasteiger partial charge in [-0.05, 0) is 12.5 Å². The first kappa shape index (κ1) is 8.21. The monoisotopic (exact) mass is 126 g/mol. The number of hydrogen-bond acceptors (Lipinski definition) is 1. The van der Waals surface area contributed by atoms with E-state index in [4.69, 9.17) is 0 Å². The lowest BCUT2D eigenvalue weighted by Gasteiger charge is -1.94. The van der Waals surface area contributed by atoms with Crippen molar-refractivity contribution in [2.75, 3.05) is 14.1 Å². The molecule has 0 radical (unpaired) electrons. The van der Waals surface area contributed by atoms with Crippen LogP contribution in [0.5, 0.6) is 0 Å². The fourth-order valence-electron chi connectivity index (χ4n) is 0.499. The van der Waals surface area contributed by atoms with E-state index in [0.717, 1.165) is 12.3 Å². The van der Waals surface area contributed by atoms with Crippen LogP contribution in [0.25, 0.3) is 0 Å². The molecule has 0 amide bonds. The van der Waals surface area contributed by atoms with E-state index in [0.29, 0.717) is 0 Å². The molecule has 0 heterocycles. The van der Waals surface area contributed by atoms with Gasteiger partial charge in [-0.15, -0.1) is 0 Å². The van der Waals surface area contributed by atoms with Crippen LogP contribution >= 0.6 is 0 Å². The van der Waals surface area contributed by atoms with Gasteiger partial charge in [-0.25, -0.2) is 0 Å². The molecular weight excluding hydrogens is 112 g/mol. The van der Waals surface area contributed by atoms with Crippen LogP contribution in [-0.2, 0) is 0 Å². The standard InChI is InChI=1S/C7H14N2/c1-4-5-6-7(8-2)9-3/h5-6H,4H2,1-3H3,(H,8,9)/b6-5-. The van der Waals surface area contributed by atoms with Crippen molar-refractivity contribution in [2.24, 2.45) is 4.99 Å². The molecule has 0 rings (SSSR count). The normalized spacial score (nSPS) is 12.6. The van der Waals surface area contributed by atoms with Crippen LogP contribution in [0.3, 0.4) is 0 Å². The lowest BCUT2D eigenvalue weighted by atomic mass is 10.4. The van der Waals surface area contributed by atoms with Crippen LogP contribution in [0.1, 0.15) is 13.3 Å². The number of likely N-dealkylation sites (N-methyl/N-ethyl adjacent to an activating group) is 1. The van der Waals surface area contributed by atoms with Gasteiger partial charge in [0, 0.05) is 14.1 Å². The summed E-state index contributed by atoms with van der Waals surface area (Å²) in [5, 5.41) is 2.95. The molecule has 0 aliphatic heterocycles. The van der Waals surface area contributed by atoms with Crippen molar-refractivity contribution in [3.8, 4) is 0 Å². The largest absolute Gasteiger partial charge is 0.373 e. The first-order valence-electron chi connectivity index (χ1n) is 3.16. The van der Waals surface area contributed by atoms with Gasteiger partial charge in [0.1, 0.15) is 5.84 Å². The Morgan fingerprint density at radius 2 is 2.33 bits per heavy atom. The average Bonchev–Trinajstić information content (AvgIpc) is 1.91. The molecule has 0 aliphatic rings. The van der Waals surface area contributed by atoms with Crippen molar-refractivity contribution in [1.29, 1.82) is 0 Å². The third-order valence-corrected chi connectivity index (χ3v) is 1.01. The van der Waals surface area contributed by atoms with Crippen LogP contribution in [0.4, 0.5) is 0 Å². The highest BCUT2D eigenvalue weighted by atomic mass is 14.9. The van der Waals surface area contributed by atoms with Crippen LogP contribution in [0, 0.1) is 0 Å². The van der Waals surface area contributed by atoms with Crippen molar-refractivity contribution < 1.29 is 0 Å². The Hall–Kier alpha value is -0.790. The first-order chi connectivity index (χ1) is 4.35. The summed E-state index contributed by atoms with van der Waals surface area (Å²) in [6.07, 6.45) is 5.10. The van der Waals surface area contributed by atoms with Crippen LogP contribution < -0.4 is 5.32 Å². The lowest BCUT2D eigenvalue weighted by Crippen LogP contribution is -2.14. The van der Waals surface area contributed by atoms with E-state index in [9.17, 15) is 0 Å². The molecule has 2 nitrogen and oxygen atoms in total. The van der Waals surface area contributed by atoms with Crippen molar-refractivity contribution in [1.82, 2.24) is 5.32 Å². The van der Waals surface area contributed by atoms with Gasteiger partial charge in [-0.1, -0.05) is 13.0 Å². The predicted molar refractivity (Wildman–Crippen MR) is 41.8 cm³/mol. The SMILES string of the molecule is CC/C=C\C(=NC)NC. The van der Waals surface area contributed by atoms with E-state index < -0.39 is 0 Å². The summed E-state index contributed by atoms with van der Waals surface area (Å²) < 4.78 is 0. The summed E-state index contributed by atoms with van der Waals surface area (Å²) in [7, 11) is 3.63. The Morgan fingerprint density at radius 1 is 1.67 bits per heavy atom. The minimum Gasteiger partial charge on any atom is -0.373 e. The van der Waals surface area contributed by atoms with Crippen LogP contribution in [0.2, 0.25) is 0 Å². The van der Waals surface area contributed by atoms with Crippen LogP contribution in [0.15, 0.2) is 17.1 Å². The number of nitrogens with zero attached hydrogens (tertiary/aromatic N) is 1. The van der Waals surface area contributed by atoms with Gasteiger partial charge < -0.3 is 5.32 Å². The van der Waals surface area contributed by atoms with Gasteiger partial charge in [0.25, 0.3) is 0 Å². The fraction of sp³-hybridized carbons (Fsp3) is 0.571. The number of hydrogen-bond donors (Lipinski definition) is 1. The molecule has 0 saturated carbocycles. The van der Waals surface area contributed by atoms with Crippen LogP contribution in [-0.4, -0.2) is 19.9 Å². The summed E-state index contributed by atoms with van der Waals surface area (Å²) in [6.45, 7) is 2.10. The van der Waals surface area contributed by atoms with Crippen molar-refractivity contribution in [3.63, 3.8) is 0 Å². The van der Waals surface area contributed by atoms with E-state index in [1.54, 1.807) is 7.05 Å². The highest BCUT2D eigenvalue weighted by Crippen LogP contribution is 1.80. The van der Waals surface area contributed by atoms with Crippen molar-refractivity contribution >= 4 is 5.84 Å². The first-order valence-corrected chi connectivity index (χ1v) is 3.16. The molecule has 9 heavy (non-hydrogen) atoms. The molecule has 52 valence electrons. The zero-order valence-corrected chi connectivity index (χ0v) is 6.31. The zero-order chi connectivity index (χ0) is 7.11. The second-order valence-corrected chi connectivity index (χ2v) is 1.67. The molecule has 0 aromatic carbocycles. The van der Waals surface area contributed by atoms with Gasteiger partial charge >= 0.3 is 0 Å². The highest BCUT2D eigenvalue weighted by Gasteiger charge is 1.80. The van der Waals surface area contributed by atoms with E-state index in [1.807, 2.05) is 13.1 Å². The predicted octanol–water partition coefficient (Wildman–Crippen LogP) is 1.20. The maximum atomic E-state index is 3.96. The van der Waals surface area contributed by atoms with Gasteiger partial charge in [0.2, 0.25) is 0 Å². The third-order valence-electron chi connectivity index (χ3n) is 1.01. The maximum Gasteiger partial charge on any atom is 0.119 e. The molecule has 0 unspecified atom stereocenters. The number of aliphatic imine (C=N–C) groups is 1. The molecular formula is C7H14N2. The summed E-state index contributed by atoms with van der Waals surface area (Å²) >= 11 is 0. The van der Waals surface area contributed by atoms with E-state index in [1.165, 1.54) is 0 Å². The molecule has 2 heteroatoms. The molecule has 0 aromatic rings. The Morgan fingerprint density at radius 3 is 2.67 bits per heavy atom. The average molecular weight is 126 g/mol. The van der Waals surface area contributed by atoms with Gasteiger partial charge in [0.15, 0.2) is 0 Å². The van der Waals surface area contributed by atoms with Gasteiger partial charge in [-0.2, -0.15) is 0 Å². The number of amidine groups is 1. The molecule has 0 fully saturated rings. The Kier molecular flexibility index (Phi) is 4.88. The zero-order valence-electron chi connectivity index (χ0n) is 6.31. The maximum absolute atomic E-state index is 3.96. The summed E-state index contributed by atoms with van der Waals surface area (Å²) in [5.41, 5.74) is 0. The van der Waals surface area contributed by atoms with Crippen molar-refractivity contribution in [3.05, 3.63) is 12.2 Å². The fourth-order valence-corrected chi connectivity index (χ4v) is 0.499. The second kappa shape index (κ2) is 5.35. The Labute approximate surface area is 56.7 Å². The Balaban J connectivity index is 3.70. The number of nitrogens with one attached hydrogen (secondary N) is 1. The molecule has 0 aliphatic carbocycles. The van der Waals surface area contributed by atoms with E-state index in [-0.39, 0.29) is 0 Å². The number of rotatable bonds is 2. The number of allylic oxidation sites excluding steroid dienone is 1. The Bertz CT molecular complexity index is 114. The molecule has 0 atom stereocenters. The minimum atomic E-state index is 0.928. The van der Waals surface area contributed by atoms with E-state index >= 15 is 0 Å². The molecule has 1 N–H and O–H groups in total. The lowest BCUT2D eigenvalue weighted by molar-refractivity contribution is 1.15.